The quantitative estimate of drug-likeness (QED) is 0.329. The van der Waals surface area contributed by atoms with E-state index in [2.05, 4.69) is 68.8 Å². The van der Waals surface area contributed by atoms with E-state index in [1.807, 2.05) is 0 Å². The standard InChI is InChI=1S/C15H21BrN4S2.HI/c1-4-17-15(19-8-13-7-12(16)9-21-13)18-6-5-14-20-10(2)11(3)22-14;/h7,9H,4-6,8H2,1-3H3,(H2,17,18,19);1H. The van der Waals surface area contributed by atoms with E-state index in [9.17, 15) is 0 Å². The van der Waals surface area contributed by atoms with Crippen molar-refractivity contribution in [2.75, 3.05) is 13.1 Å². The molecule has 2 heterocycles. The van der Waals surface area contributed by atoms with Gasteiger partial charge in [0.2, 0.25) is 0 Å². The molecule has 0 radical (unpaired) electrons. The Bertz CT molecular complexity index is 620. The van der Waals surface area contributed by atoms with Gasteiger partial charge in [-0.2, -0.15) is 0 Å². The average Bonchev–Trinajstić information content (AvgIpc) is 3.03. The van der Waals surface area contributed by atoms with Gasteiger partial charge in [-0.3, -0.25) is 0 Å². The maximum atomic E-state index is 4.62. The first-order valence-electron chi connectivity index (χ1n) is 7.26. The predicted molar refractivity (Wildman–Crippen MR) is 116 cm³/mol. The Balaban J connectivity index is 0.00000264. The average molecular weight is 529 g/mol. The maximum absolute atomic E-state index is 4.62. The summed E-state index contributed by atoms with van der Waals surface area (Å²) >= 11 is 6.96. The van der Waals surface area contributed by atoms with Crippen LogP contribution in [0.25, 0.3) is 0 Å². The van der Waals surface area contributed by atoms with Gasteiger partial charge in [0.05, 0.1) is 17.2 Å². The SMILES string of the molecule is CCNC(=NCc1cc(Br)cs1)NCCc1nc(C)c(C)s1.I. The van der Waals surface area contributed by atoms with Gasteiger partial charge in [-0.05, 0) is 42.8 Å². The van der Waals surface area contributed by atoms with Gasteiger partial charge >= 0.3 is 0 Å². The molecule has 0 amide bonds. The summed E-state index contributed by atoms with van der Waals surface area (Å²) in [5.74, 6) is 0.858. The lowest BCUT2D eigenvalue weighted by Crippen LogP contribution is -2.38. The van der Waals surface area contributed by atoms with Crippen LogP contribution in [0.4, 0.5) is 0 Å². The lowest BCUT2D eigenvalue weighted by Gasteiger charge is -2.10. The van der Waals surface area contributed by atoms with Crippen molar-refractivity contribution in [1.29, 1.82) is 0 Å². The third-order valence-electron chi connectivity index (χ3n) is 3.06. The number of aryl methyl sites for hydroxylation is 2. The fraction of sp³-hybridized carbons (Fsp3) is 0.467. The second-order valence-electron chi connectivity index (χ2n) is 4.85. The van der Waals surface area contributed by atoms with Crippen molar-refractivity contribution >= 4 is 68.5 Å². The number of nitrogens with zero attached hydrogens (tertiary/aromatic N) is 2. The fourth-order valence-corrected chi connectivity index (χ4v) is 4.18. The Labute approximate surface area is 171 Å². The molecule has 0 spiro atoms. The van der Waals surface area contributed by atoms with E-state index < -0.39 is 0 Å². The molecule has 0 unspecified atom stereocenters. The molecule has 8 heteroatoms. The highest BCUT2D eigenvalue weighted by Gasteiger charge is 2.04. The predicted octanol–water partition coefficient (Wildman–Crippen LogP) is 4.50. The molecule has 0 bridgehead atoms. The number of rotatable bonds is 6. The molecule has 2 N–H and O–H groups in total. The third-order valence-corrected chi connectivity index (χ3v) is 5.88. The first-order valence-corrected chi connectivity index (χ1v) is 9.75. The van der Waals surface area contributed by atoms with Crippen LogP contribution in [0.15, 0.2) is 20.9 Å². The summed E-state index contributed by atoms with van der Waals surface area (Å²) in [6.07, 6.45) is 0.925. The van der Waals surface area contributed by atoms with Crippen molar-refractivity contribution in [3.8, 4) is 0 Å². The van der Waals surface area contributed by atoms with Gasteiger partial charge in [0.15, 0.2) is 5.96 Å². The van der Waals surface area contributed by atoms with E-state index in [1.54, 1.807) is 22.7 Å². The fourth-order valence-electron chi connectivity index (χ4n) is 1.87. The maximum Gasteiger partial charge on any atom is 0.191 e. The zero-order chi connectivity index (χ0) is 15.9. The molecule has 0 aliphatic heterocycles. The smallest absolute Gasteiger partial charge is 0.191 e. The van der Waals surface area contributed by atoms with Crippen molar-refractivity contribution in [2.45, 2.75) is 33.7 Å². The highest BCUT2D eigenvalue weighted by Crippen LogP contribution is 2.20. The molecule has 0 aromatic carbocycles. The Kier molecular flexibility index (Phi) is 9.64. The van der Waals surface area contributed by atoms with Crippen LogP contribution >= 0.6 is 62.6 Å². The van der Waals surface area contributed by atoms with Gasteiger partial charge in [-0.15, -0.1) is 46.7 Å². The summed E-state index contributed by atoms with van der Waals surface area (Å²) in [6.45, 7) is 8.65. The number of aromatic nitrogens is 1. The number of aliphatic imine (C=N–C) groups is 1. The number of thiophene rings is 1. The molecule has 2 rings (SSSR count). The van der Waals surface area contributed by atoms with Gasteiger partial charge < -0.3 is 10.6 Å². The molecule has 0 saturated heterocycles. The van der Waals surface area contributed by atoms with Crippen LogP contribution in [0.1, 0.15) is 27.4 Å². The van der Waals surface area contributed by atoms with Crippen molar-refractivity contribution in [3.05, 3.63) is 36.4 Å². The molecule has 0 atom stereocenters. The Hall–Kier alpha value is -0.190. The van der Waals surface area contributed by atoms with E-state index in [0.717, 1.165) is 35.6 Å². The van der Waals surface area contributed by atoms with Gasteiger partial charge in [0.25, 0.3) is 0 Å². The van der Waals surface area contributed by atoms with Crippen LogP contribution in [-0.2, 0) is 13.0 Å². The topological polar surface area (TPSA) is 49.3 Å². The summed E-state index contributed by atoms with van der Waals surface area (Å²) in [7, 11) is 0. The van der Waals surface area contributed by atoms with E-state index in [0.29, 0.717) is 6.54 Å². The van der Waals surface area contributed by atoms with Gasteiger partial charge in [0.1, 0.15) is 0 Å². The number of guanidine groups is 1. The molecule has 23 heavy (non-hydrogen) atoms. The summed E-state index contributed by atoms with van der Waals surface area (Å²) in [5.41, 5.74) is 1.14. The first kappa shape index (κ1) is 20.9. The third kappa shape index (κ3) is 7.06. The summed E-state index contributed by atoms with van der Waals surface area (Å²) < 4.78 is 1.12. The minimum absolute atomic E-state index is 0. The van der Waals surface area contributed by atoms with Crippen LogP contribution in [0.3, 0.4) is 0 Å². The molecular formula is C15H22BrIN4S2. The minimum atomic E-state index is 0. The highest BCUT2D eigenvalue weighted by molar-refractivity contribution is 14.0. The van der Waals surface area contributed by atoms with Gasteiger partial charge in [0, 0.05) is 39.1 Å². The van der Waals surface area contributed by atoms with Crippen LogP contribution in [0.5, 0.6) is 0 Å². The largest absolute Gasteiger partial charge is 0.357 e. The zero-order valence-electron chi connectivity index (χ0n) is 13.5. The molecule has 128 valence electrons. The first-order chi connectivity index (χ1) is 10.6. The van der Waals surface area contributed by atoms with Crippen LogP contribution in [0.2, 0.25) is 0 Å². The number of thiazole rings is 1. The molecular weight excluding hydrogens is 507 g/mol. The van der Waals surface area contributed by atoms with Gasteiger partial charge in [-0.25, -0.2) is 9.98 Å². The Morgan fingerprint density at radius 1 is 1.35 bits per heavy atom. The number of hydrogen-bond acceptors (Lipinski definition) is 4. The van der Waals surface area contributed by atoms with Crippen molar-refractivity contribution in [3.63, 3.8) is 0 Å². The number of nitrogens with one attached hydrogen (secondary N) is 2. The van der Waals surface area contributed by atoms with E-state index in [-0.39, 0.29) is 24.0 Å². The van der Waals surface area contributed by atoms with Crippen LogP contribution < -0.4 is 10.6 Å². The zero-order valence-corrected chi connectivity index (χ0v) is 19.0. The lowest BCUT2D eigenvalue weighted by atomic mass is 10.4. The monoisotopic (exact) mass is 528 g/mol. The molecule has 2 aromatic rings. The second-order valence-corrected chi connectivity index (χ2v) is 8.05. The summed E-state index contributed by atoms with van der Waals surface area (Å²) in [5, 5.41) is 9.91. The molecule has 4 nitrogen and oxygen atoms in total. The summed E-state index contributed by atoms with van der Waals surface area (Å²) in [6, 6.07) is 2.11. The van der Waals surface area contributed by atoms with Crippen molar-refractivity contribution in [2.24, 2.45) is 4.99 Å². The molecule has 0 saturated carbocycles. The summed E-state index contributed by atoms with van der Waals surface area (Å²) in [4.78, 5) is 11.7. The van der Waals surface area contributed by atoms with Crippen LogP contribution in [0, 0.1) is 13.8 Å². The highest BCUT2D eigenvalue weighted by atomic mass is 127. The van der Waals surface area contributed by atoms with E-state index in [1.165, 1.54) is 14.8 Å². The van der Waals surface area contributed by atoms with Crippen molar-refractivity contribution in [1.82, 2.24) is 15.6 Å². The molecule has 0 aliphatic carbocycles. The minimum Gasteiger partial charge on any atom is -0.357 e. The Morgan fingerprint density at radius 3 is 2.70 bits per heavy atom. The normalized spacial score (nSPS) is 11.2. The second kappa shape index (κ2) is 10.6. The molecule has 0 fully saturated rings. The van der Waals surface area contributed by atoms with Crippen LogP contribution in [-0.4, -0.2) is 24.0 Å². The molecule has 2 aromatic heterocycles. The Morgan fingerprint density at radius 2 is 2.13 bits per heavy atom. The number of halogens is 2. The lowest BCUT2D eigenvalue weighted by molar-refractivity contribution is 0.796. The van der Waals surface area contributed by atoms with Crippen molar-refractivity contribution < 1.29 is 0 Å². The van der Waals surface area contributed by atoms with E-state index >= 15 is 0 Å². The van der Waals surface area contributed by atoms with Gasteiger partial charge in [-0.1, -0.05) is 0 Å². The number of hydrogen-bond donors (Lipinski definition) is 2. The van der Waals surface area contributed by atoms with E-state index in [4.69, 9.17) is 0 Å². The molecule has 0 aliphatic rings.